The second-order valence-corrected chi connectivity index (χ2v) is 6.59. The van der Waals surface area contributed by atoms with E-state index in [4.69, 9.17) is 0 Å². The van der Waals surface area contributed by atoms with Crippen LogP contribution in [0.15, 0.2) is 12.7 Å². The SMILES string of the molecule is C=CC(=O)O[Si]12O[Si]([O-])(O1)O2.[K+]. The molecule has 0 unspecified atom stereocenters. The topological polar surface area (TPSA) is 77.1 Å². The van der Waals surface area contributed by atoms with E-state index in [1.54, 1.807) is 0 Å². The van der Waals surface area contributed by atoms with Crippen LogP contribution in [0.3, 0.4) is 0 Å². The van der Waals surface area contributed by atoms with Crippen molar-refractivity contribution >= 4 is 24.1 Å². The molecule has 6 nitrogen and oxygen atoms in total. The van der Waals surface area contributed by atoms with Gasteiger partial charge in [0, 0.05) is 6.08 Å². The average Bonchev–Trinajstić information content (AvgIpc) is 1.82. The molecule has 0 aromatic carbocycles. The van der Waals surface area contributed by atoms with Crippen LogP contribution >= 0.6 is 0 Å². The molecule has 3 heterocycles. The van der Waals surface area contributed by atoms with Gasteiger partial charge in [-0.1, -0.05) is 6.58 Å². The number of hydrogen-bond donors (Lipinski definition) is 0. The van der Waals surface area contributed by atoms with Crippen molar-refractivity contribution in [3.63, 3.8) is 0 Å². The summed E-state index contributed by atoms with van der Waals surface area (Å²) >= 11 is 0. The maximum absolute atomic E-state index is 10.6. The fraction of sp³-hybridized carbons (Fsp3) is 0. The van der Waals surface area contributed by atoms with E-state index in [1.807, 2.05) is 0 Å². The Hall–Kier alpha value is 1.12. The summed E-state index contributed by atoms with van der Waals surface area (Å²) in [5.74, 6) is -0.701. The van der Waals surface area contributed by atoms with Gasteiger partial charge in [-0.05, 0) is 0 Å². The summed E-state index contributed by atoms with van der Waals surface area (Å²) in [5, 5.41) is 0. The molecule has 0 N–H and O–H groups in total. The van der Waals surface area contributed by atoms with Crippen molar-refractivity contribution in [2.24, 2.45) is 0 Å². The third kappa shape index (κ3) is 1.67. The van der Waals surface area contributed by atoms with Gasteiger partial charge in [-0.2, -0.15) is 0 Å². The number of rotatable bonds is 2. The second-order valence-electron chi connectivity index (χ2n) is 1.93. The Kier molecular flexibility index (Phi) is 3.13. The average molecular weight is 230 g/mol. The van der Waals surface area contributed by atoms with Crippen molar-refractivity contribution in [2.75, 3.05) is 0 Å². The summed E-state index contributed by atoms with van der Waals surface area (Å²) < 4.78 is 18.2. The normalized spacial score (nSPS) is 41.4. The quantitative estimate of drug-likeness (QED) is 0.349. The molecule has 0 aliphatic carbocycles. The monoisotopic (exact) mass is 230 g/mol. The Morgan fingerprint density at radius 1 is 1.50 bits per heavy atom. The molecule has 3 rings (SSSR count). The molecule has 2 bridgehead atoms. The van der Waals surface area contributed by atoms with E-state index in [0.29, 0.717) is 0 Å². The molecule has 0 aromatic heterocycles. The van der Waals surface area contributed by atoms with E-state index in [0.717, 1.165) is 6.08 Å². The predicted octanol–water partition coefficient (Wildman–Crippen LogP) is -4.97. The van der Waals surface area contributed by atoms with Gasteiger partial charge >= 0.3 is 75.4 Å². The molecule has 3 aliphatic heterocycles. The van der Waals surface area contributed by atoms with Gasteiger partial charge in [-0.25, -0.2) is 4.79 Å². The Morgan fingerprint density at radius 2 is 2.00 bits per heavy atom. The maximum Gasteiger partial charge on any atom is 1.00 e. The molecular weight excluding hydrogens is 227 g/mol. The Labute approximate surface area is 113 Å². The molecule has 12 heavy (non-hydrogen) atoms. The minimum absolute atomic E-state index is 0. The van der Waals surface area contributed by atoms with E-state index in [-0.39, 0.29) is 51.4 Å². The molecule has 60 valence electrons. The summed E-state index contributed by atoms with van der Waals surface area (Å²) in [4.78, 5) is 21.1. The first-order valence-corrected chi connectivity index (χ1v) is 6.00. The summed E-state index contributed by atoms with van der Waals surface area (Å²) in [6, 6.07) is 0. The second kappa shape index (κ2) is 3.36. The van der Waals surface area contributed by atoms with Crippen LogP contribution in [-0.4, -0.2) is 24.1 Å². The van der Waals surface area contributed by atoms with Crippen LogP contribution in [0.25, 0.3) is 0 Å². The van der Waals surface area contributed by atoms with Crippen LogP contribution in [0.1, 0.15) is 0 Å². The van der Waals surface area contributed by atoms with Crippen molar-refractivity contribution < 1.29 is 77.7 Å². The van der Waals surface area contributed by atoms with E-state index < -0.39 is 24.1 Å². The summed E-state index contributed by atoms with van der Waals surface area (Å²) in [7, 11) is -6.64. The van der Waals surface area contributed by atoms with Gasteiger partial charge in [0.05, 0.1) is 0 Å². The molecule has 0 radical (unpaired) electrons. The van der Waals surface area contributed by atoms with Crippen LogP contribution in [0, 0.1) is 0 Å². The van der Waals surface area contributed by atoms with Gasteiger partial charge in [-0.3, -0.25) is 0 Å². The first-order chi connectivity index (χ1) is 5.08. The van der Waals surface area contributed by atoms with Crippen LogP contribution in [-0.2, 0) is 21.6 Å². The van der Waals surface area contributed by atoms with Crippen molar-refractivity contribution in [1.29, 1.82) is 0 Å². The summed E-state index contributed by atoms with van der Waals surface area (Å²) in [5.41, 5.74) is 0. The Morgan fingerprint density at radius 3 is 2.33 bits per heavy atom. The molecule has 0 amide bonds. The van der Waals surface area contributed by atoms with Gasteiger partial charge in [-0.15, -0.1) is 0 Å². The van der Waals surface area contributed by atoms with E-state index in [1.165, 1.54) is 0 Å². The van der Waals surface area contributed by atoms with E-state index in [2.05, 4.69) is 23.4 Å². The maximum atomic E-state index is 10.6. The summed E-state index contributed by atoms with van der Waals surface area (Å²) in [6.45, 7) is 3.15. The van der Waals surface area contributed by atoms with Crippen LogP contribution in [0.4, 0.5) is 0 Å². The molecule has 0 spiro atoms. The van der Waals surface area contributed by atoms with Gasteiger partial charge in [0.1, 0.15) is 0 Å². The molecule has 0 saturated carbocycles. The molecule has 0 atom stereocenters. The van der Waals surface area contributed by atoms with Gasteiger partial charge in [0.15, 0.2) is 0 Å². The molecule has 0 aromatic rings. The fourth-order valence-electron chi connectivity index (χ4n) is 0.710. The third-order valence-corrected chi connectivity index (χ3v) is 7.59. The van der Waals surface area contributed by atoms with Crippen molar-refractivity contribution in [3.8, 4) is 0 Å². The van der Waals surface area contributed by atoms with Gasteiger partial charge < -0.3 is 21.6 Å². The first kappa shape index (κ1) is 11.2. The minimum Gasteiger partial charge on any atom is -0.795 e. The number of carbonyl (C=O) groups excluding carboxylic acids is 1. The molecular formula is C3H3KO6Si2. The molecule has 3 fully saturated rings. The van der Waals surface area contributed by atoms with Crippen molar-refractivity contribution in [1.82, 2.24) is 0 Å². The minimum atomic E-state index is -3.46. The standard InChI is InChI=1S/C3H3O6Si2.K/c1-2-3(4)6-11-7-10(5,8-11)9-11;/h2H,1H2;/q-1;+1. The number of carbonyl (C=O) groups is 1. The molecule has 3 aliphatic rings. The van der Waals surface area contributed by atoms with Crippen LogP contribution in [0.5, 0.6) is 0 Å². The van der Waals surface area contributed by atoms with Gasteiger partial charge in [0.25, 0.3) is 0 Å². The van der Waals surface area contributed by atoms with E-state index in [9.17, 15) is 9.59 Å². The molecule has 3 saturated heterocycles. The van der Waals surface area contributed by atoms with Crippen LogP contribution < -0.4 is 56.2 Å². The fourth-order valence-corrected chi connectivity index (χ4v) is 5.40. The first-order valence-electron chi connectivity index (χ1n) is 2.74. The largest absolute Gasteiger partial charge is 1.00 e. The summed E-state index contributed by atoms with van der Waals surface area (Å²) in [6.07, 6.45) is 0.947. The van der Waals surface area contributed by atoms with Crippen LogP contribution in [0.2, 0.25) is 0 Å². The number of hydrogen-bond acceptors (Lipinski definition) is 6. The Balaban J connectivity index is 0.000000720. The zero-order chi connectivity index (χ0) is 8.11. The van der Waals surface area contributed by atoms with Crippen molar-refractivity contribution in [2.45, 2.75) is 0 Å². The van der Waals surface area contributed by atoms with E-state index >= 15 is 0 Å². The zero-order valence-electron chi connectivity index (χ0n) is 6.23. The predicted molar refractivity (Wildman–Crippen MR) is 31.1 cm³/mol. The van der Waals surface area contributed by atoms with Crippen molar-refractivity contribution in [3.05, 3.63) is 12.7 Å². The Bertz CT molecular complexity index is 223. The smallest absolute Gasteiger partial charge is 0.795 e. The zero-order valence-corrected chi connectivity index (χ0v) is 11.4. The van der Waals surface area contributed by atoms with Gasteiger partial charge in [0.2, 0.25) is 0 Å². The molecule has 9 heteroatoms. The third-order valence-electron chi connectivity index (χ3n) is 1.14.